The third kappa shape index (κ3) is 2.63. The number of nitrogen functional groups attached to an aromatic ring is 1. The number of rotatable bonds is 4. The molecule has 2 rings (SSSR count). The number of carbonyl (C=O) groups excluding carboxylic acids is 1. The molecule has 0 aliphatic rings. The third-order valence-electron chi connectivity index (χ3n) is 2.50. The molecule has 5 heteroatoms. The molecule has 3 N–H and O–H groups in total. The Hall–Kier alpha value is -2.43. The fourth-order valence-electron chi connectivity index (χ4n) is 1.54. The van der Waals surface area contributed by atoms with Gasteiger partial charge in [0.15, 0.2) is 0 Å². The SMILES string of the molecule is COc1cc(C(=O)NCc2ccco2)ccc1N. The van der Waals surface area contributed by atoms with Crippen LogP contribution in [0.1, 0.15) is 16.1 Å². The van der Waals surface area contributed by atoms with Crippen molar-refractivity contribution in [3.63, 3.8) is 0 Å². The molecule has 94 valence electrons. The van der Waals surface area contributed by atoms with E-state index < -0.39 is 0 Å². The highest BCUT2D eigenvalue weighted by atomic mass is 16.5. The van der Waals surface area contributed by atoms with Crippen LogP contribution in [-0.2, 0) is 6.54 Å². The number of carbonyl (C=O) groups is 1. The maximum atomic E-state index is 11.9. The summed E-state index contributed by atoms with van der Waals surface area (Å²) in [5, 5.41) is 2.74. The Labute approximate surface area is 105 Å². The first-order valence-corrected chi connectivity index (χ1v) is 5.45. The van der Waals surface area contributed by atoms with Gasteiger partial charge in [-0.3, -0.25) is 4.79 Å². The summed E-state index contributed by atoms with van der Waals surface area (Å²) in [6, 6.07) is 8.46. The van der Waals surface area contributed by atoms with E-state index in [4.69, 9.17) is 14.9 Å². The summed E-state index contributed by atoms with van der Waals surface area (Å²) in [7, 11) is 1.51. The number of nitrogens with one attached hydrogen (secondary N) is 1. The van der Waals surface area contributed by atoms with Crippen LogP contribution in [0, 0.1) is 0 Å². The van der Waals surface area contributed by atoms with Crippen LogP contribution in [0.25, 0.3) is 0 Å². The number of benzene rings is 1. The molecule has 0 saturated carbocycles. The quantitative estimate of drug-likeness (QED) is 0.806. The van der Waals surface area contributed by atoms with Gasteiger partial charge in [0, 0.05) is 5.56 Å². The number of furan rings is 1. The maximum absolute atomic E-state index is 11.9. The Balaban J connectivity index is 2.04. The molecule has 0 radical (unpaired) electrons. The molecule has 1 heterocycles. The van der Waals surface area contributed by atoms with Crippen molar-refractivity contribution >= 4 is 11.6 Å². The molecule has 0 unspecified atom stereocenters. The van der Waals surface area contributed by atoms with Crippen LogP contribution in [0.5, 0.6) is 5.75 Å². The van der Waals surface area contributed by atoms with Gasteiger partial charge in [-0.15, -0.1) is 0 Å². The maximum Gasteiger partial charge on any atom is 0.251 e. The van der Waals surface area contributed by atoms with Crippen LogP contribution in [0.15, 0.2) is 41.0 Å². The molecule has 0 bridgehead atoms. The van der Waals surface area contributed by atoms with Gasteiger partial charge in [0.1, 0.15) is 11.5 Å². The second kappa shape index (κ2) is 5.27. The molecule has 0 atom stereocenters. The van der Waals surface area contributed by atoms with Gasteiger partial charge in [-0.05, 0) is 30.3 Å². The van der Waals surface area contributed by atoms with Crippen LogP contribution >= 0.6 is 0 Å². The smallest absolute Gasteiger partial charge is 0.251 e. The standard InChI is InChI=1S/C13H14N2O3/c1-17-12-7-9(4-5-11(12)14)13(16)15-8-10-3-2-6-18-10/h2-7H,8,14H2,1H3,(H,15,16). The molecular weight excluding hydrogens is 232 g/mol. The van der Waals surface area contributed by atoms with E-state index in [1.807, 2.05) is 0 Å². The van der Waals surface area contributed by atoms with Crippen molar-refractivity contribution in [1.82, 2.24) is 5.32 Å². The third-order valence-corrected chi connectivity index (χ3v) is 2.50. The monoisotopic (exact) mass is 246 g/mol. The number of methoxy groups -OCH3 is 1. The van der Waals surface area contributed by atoms with Gasteiger partial charge in [-0.25, -0.2) is 0 Å². The summed E-state index contributed by atoms with van der Waals surface area (Å²) >= 11 is 0. The van der Waals surface area contributed by atoms with Crippen molar-refractivity contribution in [3.8, 4) is 5.75 Å². The van der Waals surface area contributed by atoms with E-state index in [1.54, 1.807) is 36.6 Å². The molecule has 0 saturated heterocycles. The second-order valence-electron chi connectivity index (χ2n) is 3.72. The average Bonchev–Trinajstić information content (AvgIpc) is 2.89. The largest absolute Gasteiger partial charge is 0.495 e. The summed E-state index contributed by atoms with van der Waals surface area (Å²) in [6.07, 6.45) is 1.56. The van der Waals surface area contributed by atoms with E-state index >= 15 is 0 Å². The molecule has 0 aliphatic heterocycles. The highest BCUT2D eigenvalue weighted by Gasteiger charge is 2.09. The van der Waals surface area contributed by atoms with Crippen molar-refractivity contribution in [2.45, 2.75) is 6.54 Å². The van der Waals surface area contributed by atoms with Gasteiger partial charge in [0.25, 0.3) is 5.91 Å². The molecule has 18 heavy (non-hydrogen) atoms. The lowest BCUT2D eigenvalue weighted by molar-refractivity contribution is 0.0947. The zero-order valence-electron chi connectivity index (χ0n) is 9.97. The second-order valence-corrected chi connectivity index (χ2v) is 3.72. The predicted molar refractivity (Wildman–Crippen MR) is 67.3 cm³/mol. The van der Waals surface area contributed by atoms with Crippen LogP contribution < -0.4 is 15.8 Å². The van der Waals surface area contributed by atoms with E-state index in [-0.39, 0.29) is 5.91 Å². The average molecular weight is 246 g/mol. The minimum Gasteiger partial charge on any atom is -0.495 e. The van der Waals surface area contributed by atoms with Gasteiger partial charge in [0.2, 0.25) is 0 Å². The zero-order chi connectivity index (χ0) is 13.0. The van der Waals surface area contributed by atoms with Gasteiger partial charge in [0.05, 0.1) is 25.6 Å². The molecule has 0 aliphatic carbocycles. The number of anilines is 1. The number of hydrogen-bond donors (Lipinski definition) is 2. The van der Waals surface area contributed by atoms with E-state index in [0.717, 1.165) is 0 Å². The Morgan fingerprint density at radius 2 is 2.28 bits per heavy atom. The van der Waals surface area contributed by atoms with Crippen molar-refractivity contribution in [3.05, 3.63) is 47.9 Å². The van der Waals surface area contributed by atoms with E-state index in [9.17, 15) is 4.79 Å². The lowest BCUT2D eigenvalue weighted by Gasteiger charge is -2.07. The van der Waals surface area contributed by atoms with Crippen LogP contribution in [0.2, 0.25) is 0 Å². The van der Waals surface area contributed by atoms with Gasteiger partial charge in [-0.2, -0.15) is 0 Å². The Morgan fingerprint density at radius 1 is 1.44 bits per heavy atom. The molecule has 5 nitrogen and oxygen atoms in total. The normalized spacial score (nSPS) is 10.1. The highest BCUT2D eigenvalue weighted by molar-refractivity contribution is 5.95. The lowest BCUT2D eigenvalue weighted by atomic mass is 10.2. The summed E-state index contributed by atoms with van der Waals surface area (Å²) in [5.41, 5.74) is 6.67. The first kappa shape index (κ1) is 12.0. The minimum absolute atomic E-state index is 0.204. The summed E-state index contributed by atoms with van der Waals surface area (Å²) in [4.78, 5) is 11.9. The molecule has 0 spiro atoms. The van der Waals surface area contributed by atoms with Gasteiger partial charge in [-0.1, -0.05) is 0 Å². The number of amides is 1. The van der Waals surface area contributed by atoms with E-state index in [0.29, 0.717) is 29.3 Å². The molecular formula is C13H14N2O3. The Kier molecular flexibility index (Phi) is 3.52. The van der Waals surface area contributed by atoms with E-state index in [2.05, 4.69) is 5.32 Å². The van der Waals surface area contributed by atoms with E-state index in [1.165, 1.54) is 7.11 Å². The number of nitrogens with two attached hydrogens (primary N) is 1. The van der Waals surface area contributed by atoms with Crippen LogP contribution in [0.4, 0.5) is 5.69 Å². The fourth-order valence-corrected chi connectivity index (χ4v) is 1.54. The molecule has 1 aromatic heterocycles. The predicted octanol–water partition coefficient (Wildman–Crippen LogP) is 1.80. The van der Waals surface area contributed by atoms with Crippen molar-refractivity contribution in [2.24, 2.45) is 0 Å². The lowest BCUT2D eigenvalue weighted by Crippen LogP contribution is -2.22. The number of ether oxygens (including phenoxy) is 1. The molecule has 1 aromatic carbocycles. The zero-order valence-corrected chi connectivity index (χ0v) is 9.97. The Bertz CT molecular complexity index is 535. The topological polar surface area (TPSA) is 77.5 Å². The molecule has 2 aromatic rings. The summed E-state index contributed by atoms with van der Waals surface area (Å²) in [6.45, 7) is 0.346. The minimum atomic E-state index is -0.204. The number of hydrogen-bond acceptors (Lipinski definition) is 4. The summed E-state index contributed by atoms with van der Waals surface area (Å²) in [5.74, 6) is 0.983. The Morgan fingerprint density at radius 3 is 2.94 bits per heavy atom. The van der Waals surface area contributed by atoms with Crippen LogP contribution in [0.3, 0.4) is 0 Å². The first-order chi connectivity index (χ1) is 8.70. The molecule has 0 fully saturated rings. The molecule has 1 amide bonds. The van der Waals surface area contributed by atoms with Crippen LogP contribution in [-0.4, -0.2) is 13.0 Å². The first-order valence-electron chi connectivity index (χ1n) is 5.45. The van der Waals surface area contributed by atoms with Crippen molar-refractivity contribution in [1.29, 1.82) is 0 Å². The fraction of sp³-hybridized carbons (Fsp3) is 0.154. The summed E-state index contributed by atoms with van der Waals surface area (Å²) < 4.78 is 10.2. The highest BCUT2D eigenvalue weighted by Crippen LogP contribution is 2.22. The van der Waals surface area contributed by atoms with Crippen molar-refractivity contribution in [2.75, 3.05) is 12.8 Å². The van der Waals surface area contributed by atoms with Crippen molar-refractivity contribution < 1.29 is 13.9 Å². The van der Waals surface area contributed by atoms with Gasteiger partial charge < -0.3 is 20.2 Å². The van der Waals surface area contributed by atoms with Gasteiger partial charge >= 0.3 is 0 Å².